The Kier molecular flexibility index (Phi) is 10.3. The largest absolute Gasteiger partial charge is 0.345 e. The van der Waals surface area contributed by atoms with Gasteiger partial charge in [0.15, 0.2) is 0 Å². The number of hydrogen-bond acceptors (Lipinski definition) is 4. The Hall–Kier alpha value is -3.65. The Labute approximate surface area is 235 Å². The summed E-state index contributed by atoms with van der Waals surface area (Å²) in [5, 5.41) is 12.1. The SMILES string of the molecule is Cc1ccc(C(=O)N(CC(=O)N(Cc2cccn2Cc2ccccc2Cl)CC(C)C)CC(C)C)cc1[N+](=O)[O-]. The lowest BCUT2D eigenvalue weighted by atomic mass is 10.1. The van der Waals surface area contributed by atoms with Gasteiger partial charge in [0.25, 0.3) is 11.6 Å². The molecule has 3 aromatic rings. The van der Waals surface area contributed by atoms with Crippen molar-refractivity contribution in [3.05, 3.63) is 98.3 Å². The third kappa shape index (κ3) is 8.17. The molecule has 0 aliphatic rings. The highest BCUT2D eigenvalue weighted by molar-refractivity contribution is 6.31. The quantitative estimate of drug-likeness (QED) is 0.198. The van der Waals surface area contributed by atoms with Crippen LogP contribution in [0.2, 0.25) is 5.02 Å². The van der Waals surface area contributed by atoms with Crippen molar-refractivity contribution in [3.8, 4) is 0 Å². The number of halogens is 1. The standard InChI is InChI=1S/C30H37ClN4O4/c1-21(2)16-33(19-26-10-8-14-32(26)18-25-9-6-7-11-27(25)31)29(36)20-34(17-22(3)4)30(37)24-13-12-23(5)28(15-24)35(38)39/h6-15,21-22H,16-20H2,1-5H3. The fourth-order valence-corrected chi connectivity index (χ4v) is 4.69. The summed E-state index contributed by atoms with van der Waals surface area (Å²) in [5.74, 6) is -0.250. The molecular formula is C30H37ClN4O4. The van der Waals surface area contributed by atoms with E-state index in [0.29, 0.717) is 36.8 Å². The van der Waals surface area contributed by atoms with E-state index in [2.05, 4.69) is 4.57 Å². The maximum Gasteiger partial charge on any atom is 0.273 e. The van der Waals surface area contributed by atoms with Crippen LogP contribution in [0, 0.1) is 28.9 Å². The molecule has 0 aliphatic carbocycles. The van der Waals surface area contributed by atoms with Crippen molar-refractivity contribution in [1.29, 1.82) is 0 Å². The van der Waals surface area contributed by atoms with Gasteiger partial charge in [0.2, 0.25) is 5.91 Å². The highest BCUT2D eigenvalue weighted by Crippen LogP contribution is 2.22. The minimum Gasteiger partial charge on any atom is -0.345 e. The summed E-state index contributed by atoms with van der Waals surface area (Å²) in [7, 11) is 0. The highest BCUT2D eigenvalue weighted by atomic mass is 35.5. The predicted molar refractivity (Wildman–Crippen MR) is 154 cm³/mol. The number of carbonyl (C=O) groups excluding carboxylic acids is 2. The first-order valence-electron chi connectivity index (χ1n) is 13.2. The molecule has 0 atom stereocenters. The smallest absolute Gasteiger partial charge is 0.273 e. The van der Waals surface area contributed by atoms with E-state index in [1.807, 2.05) is 70.3 Å². The number of hydrogen-bond donors (Lipinski definition) is 0. The molecule has 0 unspecified atom stereocenters. The average molecular weight is 553 g/mol. The molecule has 9 heteroatoms. The number of aryl methyl sites for hydroxylation is 1. The minimum absolute atomic E-state index is 0.105. The molecule has 0 bridgehead atoms. The Bertz CT molecular complexity index is 1320. The van der Waals surface area contributed by atoms with Crippen LogP contribution in [0.3, 0.4) is 0 Å². The zero-order valence-corrected chi connectivity index (χ0v) is 24.0. The summed E-state index contributed by atoms with van der Waals surface area (Å²) in [4.78, 5) is 41.4. The maximum atomic E-state index is 13.7. The molecule has 3 rings (SSSR count). The Morgan fingerprint density at radius 2 is 1.64 bits per heavy atom. The van der Waals surface area contributed by atoms with Crippen LogP contribution in [0.15, 0.2) is 60.8 Å². The van der Waals surface area contributed by atoms with Gasteiger partial charge in [-0.05, 0) is 48.6 Å². The number of amides is 2. The fourth-order valence-electron chi connectivity index (χ4n) is 4.49. The number of rotatable bonds is 12. The van der Waals surface area contributed by atoms with Gasteiger partial charge in [-0.2, -0.15) is 0 Å². The lowest BCUT2D eigenvalue weighted by molar-refractivity contribution is -0.385. The molecule has 1 heterocycles. The van der Waals surface area contributed by atoms with E-state index in [0.717, 1.165) is 11.3 Å². The van der Waals surface area contributed by atoms with Crippen LogP contribution in [-0.4, -0.2) is 50.7 Å². The van der Waals surface area contributed by atoms with E-state index < -0.39 is 10.8 Å². The normalized spacial score (nSPS) is 11.2. The molecule has 0 N–H and O–H groups in total. The zero-order valence-electron chi connectivity index (χ0n) is 23.3. The number of benzene rings is 2. The number of nitrogens with zero attached hydrogens (tertiary/aromatic N) is 4. The van der Waals surface area contributed by atoms with Gasteiger partial charge >= 0.3 is 0 Å². The molecule has 0 spiro atoms. The van der Waals surface area contributed by atoms with Crippen molar-refractivity contribution in [2.24, 2.45) is 11.8 Å². The molecule has 1 aromatic heterocycles. The molecule has 0 saturated heterocycles. The molecule has 2 aromatic carbocycles. The van der Waals surface area contributed by atoms with E-state index in [1.165, 1.54) is 11.0 Å². The van der Waals surface area contributed by atoms with Crippen molar-refractivity contribution in [1.82, 2.24) is 14.4 Å². The van der Waals surface area contributed by atoms with Gasteiger partial charge in [0.05, 0.1) is 11.5 Å². The van der Waals surface area contributed by atoms with E-state index in [9.17, 15) is 19.7 Å². The van der Waals surface area contributed by atoms with Gasteiger partial charge in [-0.25, -0.2) is 0 Å². The number of nitro groups is 1. The molecular weight excluding hydrogens is 516 g/mol. The molecule has 0 radical (unpaired) electrons. The molecule has 2 amide bonds. The number of aromatic nitrogens is 1. The fraction of sp³-hybridized carbons (Fsp3) is 0.400. The van der Waals surface area contributed by atoms with Gasteiger partial charge in [-0.3, -0.25) is 19.7 Å². The molecule has 8 nitrogen and oxygen atoms in total. The molecule has 208 valence electrons. The summed E-state index contributed by atoms with van der Waals surface area (Å²) >= 11 is 6.38. The van der Waals surface area contributed by atoms with Gasteiger partial charge < -0.3 is 14.4 Å². The van der Waals surface area contributed by atoms with Crippen LogP contribution in [0.1, 0.15) is 54.9 Å². The Morgan fingerprint density at radius 1 is 0.974 bits per heavy atom. The van der Waals surface area contributed by atoms with Crippen LogP contribution < -0.4 is 0 Å². The first-order chi connectivity index (χ1) is 18.5. The van der Waals surface area contributed by atoms with Crippen LogP contribution in [0.25, 0.3) is 0 Å². The third-order valence-corrected chi connectivity index (χ3v) is 6.73. The van der Waals surface area contributed by atoms with Crippen molar-refractivity contribution >= 4 is 29.1 Å². The van der Waals surface area contributed by atoms with Crippen molar-refractivity contribution < 1.29 is 14.5 Å². The van der Waals surface area contributed by atoms with Gasteiger partial charge in [-0.15, -0.1) is 0 Å². The second-order valence-corrected chi connectivity index (χ2v) is 11.1. The molecule has 0 fully saturated rings. The summed E-state index contributed by atoms with van der Waals surface area (Å²) < 4.78 is 2.07. The Morgan fingerprint density at radius 3 is 2.28 bits per heavy atom. The second kappa shape index (κ2) is 13.4. The first-order valence-corrected chi connectivity index (χ1v) is 13.5. The van der Waals surface area contributed by atoms with Crippen molar-refractivity contribution in [3.63, 3.8) is 0 Å². The number of nitro benzene ring substituents is 1. The third-order valence-electron chi connectivity index (χ3n) is 6.36. The van der Waals surface area contributed by atoms with Gasteiger partial charge in [-0.1, -0.05) is 63.6 Å². The summed E-state index contributed by atoms with van der Waals surface area (Å²) in [6.45, 7) is 11.4. The van der Waals surface area contributed by atoms with Crippen LogP contribution in [-0.2, 0) is 17.9 Å². The van der Waals surface area contributed by atoms with Crippen LogP contribution in [0.4, 0.5) is 5.69 Å². The highest BCUT2D eigenvalue weighted by Gasteiger charge is 2.26. The van der Waals surface area contributed by atoms with E-state index in [1.54, 1.807) is 24.0 Å². The van der Waals surface area contributed by atoms with E-state index in [-0.39, 0.29) is 35.5 Å². The number of carbonyl (C=O) groups is 2. The summed E-state index contributed by atoms with van der Waals surface area (Å²) in [5.41, 5.74) is 2.51. The predicted octanol–water partition coefficient (Wildman–Crippen LogP) is 6.19. The monoisotopic (exact) mass is 552 g/mol. The lowest BCUT2D eigenvalue weighted by Crippen LogP contribution is -2.45. The topological polar surface area (TPSA) is 88.7 Å². The first kappa shape index (κ1) is 29.9. The van der Waals surface area contributed by atoms with Gasteiger partial charge in [0.1, 0.15) is 6.54 Å². The average Bonchev–Trinajstić information content (AvgIpc) is 3.30. The lowest BCUT2D eigenvalue weighted by Gasteiger charge is -2.30. The molecule has 0 aliphatic heterocycles. The van der Waals surface area contributed by atoms with Crippen molar-refractivity contribution in [2.75, 3.05) is 19.6 Å². The Balaban J connectivity index is 1.83. The molecule has 0 saturated carbocycles. The minimum atomic E-state index is -0.494. The van der Waals surface area contributed by atoms with Crippen LogP contribution >= 0.6 is 11.6 Å². The summed E-state index contributed by atoms with van der Waals surface area (Å²) in [6, 6.07) is 16.1. The van der Waals surface area contributed by atoms with E-state index in [4.69, 9.17) is 11.6 Å². The van der Waals surface area contributed by atoms with E-state index >= 15 is 0 Å². The summed E-state index contributed by atoms with van der Waals surface area (Å²) in [6.07, 6.45) is 1.97. The maximum absolute atomic E-state index is 13.7. The van der Waals surface area contributed by atoms with Crippen molar-refractivity contribution in [2.45, 2.75) is 47.7 Å². The van der Waals surface area contributed by atoms with Gasteiger partial charge in [0, 0.05) is 53.7 Å². The second-order valence-electron chi connectivity index (χ2n) is 10.7. The zero-order chi connectivity index (χ0) is 28.7. The molecule has 39 heavy (non-hydrogen) atoms. The van der Waals surface area contributed by atoms with Crippen LogP contribution in [0.5, 0.6) is 0 Å².